The molecule has 0 aliphatic carbocycles. The molecule has 2 aromatic heterocycles. The molecule has 1 aromatic carbocycles. The van der Waals surface area contributed by atoms with Crippen LogP contribution >= 0.6 is 0 Å². The van der Waals surface area contributed by atoms with Crippen LogP contribution in [0.25, 0.3) is 5.69 Å². The summed E-state index contributed by atoms with van der Waals surface area (Å²) in [5.41, 5.74) is 1.73. The fraction of sp³-hybridized carbons (Fsp3) is 0.316. The second-order valence-corrected chi connectivity index (χ2v) is 6.70. The molecule has 1 unspecified atom stereocenters. The van der Waals surface area contributed by atoms with Crippen LogP contribution in [0.2, 0.25) is 0 Å². The third kappa shape index (κ3) is 3.75. The molecule has 1 fully saturated rings. The standard InChI is InChI=1S/C19H21FN6O/c1-13-10-18(24-26(13)15-5-2-4-14(20)11-15)22-19(27)17-7-9-25(23-17)16-6-3-8-21-12-16/h2,4-5,7,9-11,16,21H,3,6,8,12H2,1H3,(H,22,24,27). The van der Waals surface area contributed by atoms with Crippen molar-refractivity contribution in [2.75, 3.05) is 18.4 Å². The van der Waals surface area contributed by atoms with Gasteiger partial charge in [-0.05, 0) is 50.6 Å². The number of hydrogen-bond acceptors (Lipinski definition) is 4. The number of carbonyl (C=O) groups is 1. The van der Waals surface area contributed by atoms with E-state index in [1.54, 1.807) is 28.9 Å². The van der Waals surface area contributed by atoms with Gasteiger partial charge in [0.25, 0.3) is 5.91 Å². The van der Waals surface area contributed by atoms with Crippen LogP contribution in [0.15, 0.2) is 42.6 Å². The minimum atomic E-state index is -0.337. The summed E-state index contributed by atoms with van der Waals surface area (Å²) in [6.45, 7) is 3.73. The molecule has 1 aliphatic rings. The van der Waals surface area contributed by atoms with Gasteiger partial charge >= 0.3 is 0 Å². The third-order valence-corrected chi connectivity index (χ3v) is 4.67. The topological polar surface area (TPSA) is 76.8 Å². The van der Waals surface area contributed by atoms with Gasteiger partial charge in [-0.3, -0.25) is 9.48 Å². The van der Waals surface area contributed by atoms with Crippen LogP contribution in [0.1, 0.15) is 35.1 Å². The quantitative estimate of drug-likeness (QED) is 0.742. The van der Waals surface area contributed by atoms with Crippen molar-refractivity contribution in [2.45, 2.75) is 25.8 Å². The highest BCUT2D eigenvalue weighted by Crippen LogP contribution is 2.18. The van der Waals surface area contributed by atoms with Gasteiger partial charge in [0.15, 0.2) is 11.5 Å². The van der Waals surface area contributed by atoms with E-state index in [2.05, 4.69) is 20.8 Å². The predicted molar refractivity (Wildman–Crippen MR) is 99.6 cm³/mol. The first kappa shape index (κ1) is 17.4. The number of nitrogens with one attached hydrogen (secondary N) is 2. The molecule has 7 nitrogen and oxygen atoms in total. The number of halogens is 1. The summed E-state index contributed by atoms with van der Waals surface area (Å²) in [5.74, 6) is -0.257. The zero-order valence-corrected chi connectivity index (χ0v) is 15.0. The fourth-order valence-electron chi connectivity index (χ4n) is 3.31. The summed E-state index contributed by atoms with van der Waals surface area (Å²) in [6, 6.07) is 9.88. The zero-order valence-electron chi connectivity index (χ0n) is 15.0. The van der Waals surface area contributed by atoms with E-state index in [1.165, 1.54) is 12.1 Å². The van der Waals surface area contributed by atoms with E-state index in [1.807, 2.05) is 17.8 Å². The first-order valence-electron chi connectivity index (χ1n) is 9.00. The van der Waals surface area contributed by atoms with Crippen molar-refractivity contribution < 1.29 is 9.18 Å². The Morgan fingerprint density at radius 2 is 2.19 bits per heavy atom. The Morgan fingerprint density at radius 1 is 1.30 bits per heavy atom. The van der Waals surface area contributed by atoms with Crippen LogP contribution < -0.4 is 10.6 Å². The number of carbonyl (C=O) groups excluding carboxylic acids is 1. The summed E-state index contributed by atoms with van der Waals surface area (Å²) in [6.07, 6.45) is 3.99. The number of amides is 1. The van der Waals surface area contributed by atoms with Gasteiger partial charge < -0.3 is 10.6 Å². The van der Waals surface area contributed by atoms with Crippen molar-refractivity contribution in [3.63, 3.8) is 0 Å². The van der Waals surface area contributed by atoms with E-state index >= 15 is 0 Å². The minimum Gasteiger partial charge on any atom is -0.315 e. The Balaban J connectivity index is 1.49. The molecular weight excluding hydrogens is 347 g/mol. The number of piperidine rings is 1. The van der Waals surface area contributed by atoms with Crippen LogP contribution in [0.5, 0.6) is 0 Å². The summed E-state index contributed by atoms with van der Waals surface area (Å²) < 4.78 is 16.9. The lowest BCUT2D eigenvalue weighted by atomic mass is 10.1. The van der Waals surface area contributed by atoms with Crippen molar-refractivity contribution in [2.24, 2.45) is 0 Å². The van der Waals surface area contributed by atoms with E-state index in [0.717, 1.165) is 31.6 Å². The lowest BCUT2D eigenvalue weighted by Crippen LogP contribution is -2.32. The van der Waals surface area contributed by atoms with Crippen LogP contribution in [0.4, 0.5) is 10.2 Å². The number of anilines is 1. The van der Waals surface area contributed by atoms with E-state index in [0.29, 0.717) is 17.2 Å². The molecule has 2 N–H and O–H groups in total. The van der Waals surface area contributed by atoms with Crippen LogP contribution in [-0.4, -0.2) is 38.6 Å². The summed E-state index contributed by atoms with van der Waals surface area (Å²) in [7, 11) is 0. The van der Waals surface area contributed by atoms with E-state index < -0.39 is 0 Å². The molecule has 3 aromatic rings. The smallest absolute Gasteiger partial charge is 0.277 e. The Morgan fingerprint density at radius 3 is 2.96 bits per heavy atom. The minimum absolute atomic E-state index is 0.273. The van der Waals surface area contributed by atoms with Gasteiger partial charge in [-0.1, -0.05) is 6.07 Å². The highest BCUT2D eigenvalue weighted by Gasteiger charge is 2.18. The van der Waals surface area contributed by atoms with Gasteiger partial charge in [0.1, 0.15) is 5.82 Å². The zero-order chi connectivity index (χ0) is 18.8. The number of nitrogens with zero attached hydrogens (tertiary/aromatic N) is 4. The van der Waals surface area contributed by atoms with Gasteiger partial charge in [0.05, 0.1) is 11.7 Å². The van der Waals surface area contributed by atoms with Gasteiger partial charge in [-0.15, -0.1) is 5.10 Å². The Hall–Kier alpha value is -3.00. The lowest BCUT2D eigenvalue weighted by molar-refractivity contribution is 0.102. The molecule has 0 saturated carbocycles. The molecule has 1 saturated heterocycles. The van der Waals surface area contributed by atoms with Crippen molar-refractivity contribution in [1.29, 1.82) is 0 Å². The van der Waals surface area contributed by atoms with Gasteiger partial charge in [-0.25, -0.2) is 9.07 Å². The fourth-order valence-corrected chi connectivity index (χ4v) is 3.31. The molecule has 27 heavy (non-hydrogen) atoms. The van der Waals surface area contributed by atoms with Gasteiger partial charge in [0, 0.05) is 24.5 Å². The Labute approximate surface area is 156 Å². The predicted octanol–water partition coefficient (Wildman–Crippen LogP) is 2.69. The average molecular weight is 368 g/mol. The van der Waals surface area contributed by atoms with Crippen LogP contribution in [-0.2, 0) is 0 Å². The molecule has 8 heteroatoms. The molecular formula is C19H21FN6O. The van der Waals surface area contributed by atoms with Crippen molar-refractivity contribution in [3.05, 3.63) is 59.8 Å². The first-order chi connectivity index (χ1) is 13.1. The lowest BCUT2D eigenvalue weighted by Gasteiger charge is -2.22. The molecule has 1 aliphatic heterocycles. The van der Waals surface area contributed by atoms with Crippen molar-refractivity contribution in [1.82, 2.24) is 24.9 Å². The summed E-state index contributed by atoms with van der Waals surface area (Å²) in [5, 5.41) is 14.9. The van der Waals surface area contributed by atoms with E-state index in [4.69, 9.17) is 0 Å². The van der Waals surface area contributed by atoms with Gasteiger partial charge in [0.2, 0.25) is 0 Å². The number of hydrogen-bond donors (Lipinski definition) is 2. The molecule has 3 heterocycles. The van der Waals surface area contributed by atoms with Crippen LogP contribution in [0, 0.1) is 12.7 Å². The maximum atomic E-state index is 13.5. The normalized spacial score (nSPS) is 17.0. The summed E-state index contributed by atoms with van der Waals surface area (Å²) in [4.78, 5) is 12.5. The molecule has 0 radical (unpaired) electrons. The maximum absolute atomic E-state index is 13.5. The maximum Gasteiger partial charge on any atom is 0.277 e. The highest BCUT2D eigenvalue weighted by molar-refractivity contribution is 6.02. The SMILES string of the molecule is Cc1cc(NC(=O)c2ccn(C3CCCNC3)n2)nn1-c1cccc(F)c1. The first-order valence-corrected chi connectivity index (χ1v) is 9.00. The molecule has 0 bridgehead atoms. The summed E-state index contributed by atoms with van der Waals surface area (Å²) >= 11 is 0. The number of aryl methyl sites for hydroxylation is 1. The molecule has 1 atom stereocenters. The average Bonchev–Trinajstić information content (AvgIpc) is 3.29. The van der Waals surface area contributed by atoms with E-state index in [-0.39, 0.29) is 17.8 Å². The number of rotatable bonds is 4. The number of benzene rings is 1. The highest BCUT2D eigenvalue weighted by atomic mass is 19.1. The second kappa shape index (κ2) is 7.32. The molecule has 140 valence electrons. The monoisotopic (exact) mass is 368 g/mol. The molecule has 0 spiro atoms. The Bertz CT molecular complexity index is 957. The second-order valence-electron chi connectivity index (χ2n) is 6.70. The van der Waals surface area contributed by atoms with E-state index in [9.17, 15) is 9.18 Å². The largest absolute Gasteiger partial charge is 0.315 e. The molecule has 4 rings (SSSR count). The Kier molecular flexibility index (Phi) is 4.72. The molecule has 1 amide bonds. The third-order valence-electron chi connectivity index (χ3n) is 4.67. The van der Waals surface area contributed by atoms with Crippen molar-refractivity contribution >= 4 is 11.7 Å². The van der Waals surface area contributed by atoms with Gasteiger partial charge in [-0.2, -0.15) is 5.10 Å². The van der Waals surface area contributed by atoms with Crippen molar-refractivity contribution in [3.8, 4) is 5.69 Å². The van der Waals surface area contributed by atoms with Crippen LogP contribution in [0.3, 0.4) is 0 Å². The number of aromatic nitrogens is 4.